The molecule has 0 bridgehead atoms. The van der Waals surface area contributed by atoms with E-state index in [1.807, 2.05) is 0 Å². The maximum absolute atomic E-state index is 13.8. The highest BCUT2D eigenvalue weighted by molar-refractivity contribution is 5.66. The smallest absolute Gasteiger partial charge is 0.303 e. The maximum Gasteiger partial charge on any atom is 0.303 e. The third-order valence-corrected chi connectivity index (χ3v) is 2.73. The van der Waals surface area contributed by atoms with Crippen molar-refractivity contribution < 1.29 is 28.9 Å². The van der Waals surface area contributed by atoms with Gasteiger partial charge in [0.05, 0.1) is 20.3 Å². The van der Waals surface area contributed by atoms with E-state index in [9.17, 15) is 14.3 Å². The lowest BCUT2D eigenvalue weighted by atomic mass is 10.0. The van der Waals surface area contributed by atoms with E-state index in [4.69, 9.17) is 14.6 Å². The first-order valence-electron chi connectivity index (χ1n) is 5.80. The van der Waals surface area contributed by atoms with Crippen molar-refractivity contribution in [1.29, 1.82) is 0 Å². The number of carbonyl (C=O) groups is 1. The van der Waals surface area contributed by atoms with Crippen molar-refractivity contribution in [1.82, 2.24) is 0 Å². The van der Waals surface area contributed by atoms with Gasteiger partial charge < -0.3 is 19.7 Å². The Morgan fingerprint density at radius 3 is 2.42 bits per heavy atom. The summed E-state index contributed by atoms with van der Waals surface area (Å²) in [6.45, 7) is 0. The average Bonchev–Trinajstić information content (AvgIpc) is 2.37. The minimum absolute atomic E-state index is 0.0635. The molecular formula is C13H17FO5. The van der Waals surface area contributed by atoms with Crippen LogP contribution in [0.5, 0.6) is 11.5 Å². The first-order chi connectivity index (χ1) is 8.99. The Labute approximate surface area is 110 Å². The average molecular weight is 272 g/mol. The zero-order valence-corrected chi connectivity index (χ0v) is 10.9. The molecule has 0 aliphatic rings. The molecule has 1 unspecified atom stereocenters. The quantitative estimate of drug-likeness (QED) is 0.795. The zero-order chi connectivity index (χ0) is 14.4. The molecule has 5 nitrogen and oxygen atoms in total. The Hall–Kier alpha value is -1.82. The van der Waals surface area contributed by atoms with Crippen LogP contribution in [0.4, 0.5) is 4.39 Å². The van der Waals surface area contributed by atoms with E-state index in [0.29, 0.717) is 5.75 Å². The minimum atomic E-state index is -1.07. The van der Waals surface area contributed by atoms with Crippen LogP contribution in [0.25, 0.3) is 0 Å². The number of methoxy groups -OCH3 is 2. The van der Waals surface area contributed by atoms with E-state index >= 15 is 0 Å². The third-order valence-electron chi connectivity index (χ3n) is 2.73. The van der Waals surface area contributed by atoms with Gasteiger partial charge in [-0.25, -0.2) is 4.39 Å². The van der Waals surface area contributed by atoms with Crippen LogP contribution in [-0.2, 0) is 4.79 Å². The number of hydrogen-bond donors (Lipinski definition) is 2. The molecule has 2 N–H and O–H groups in total. The van der Waals surface area contributed by atoms with Gasteiger partial charge in [0, 0.05) is 18.1 Å². The highest BCUT2D eigenvalue weighted by Gasteiger charge is 2.17. The number of aliphatic hydroxyl groups is 1. The number of benzene rings is 1. The van der Waals surface area contributed by atoms with Gasteiger partial charge in [0.2, 0.25) is 0 Å². The Bertz CT molecular complexity index is 447. The van der Waals surface area contributed by atoms with Crippen LogP contribution in [0.15, 0.2) is 12.1 Å². The molecule has 0 heterocycles. The molecular weight excluding hydrogens is 255 g/mol. The molecule has 1 aromatic rings. The van der Waals surface area contributed by atoms with E-state index in [-0.39, 0.29) is 30.6 Å². The molecule has 0 saturated carbocycles. The number of halogens is 1. The number of carboxylic acid groups (broad SMARTS) is 1. The molecule has 0 fully saturated rings. The van der Waals surface area contributed by atoms with E-state index < -0.39 is 17.9 Å². The molecule has 1 rings (SSSR count). The number of aliphatic carboxylic acids is 1. The minimum Gasteiger partial charge on any atom is -0.493 e. The van der Waals surface area contributed by atoms with Crippen LogP contribution in [0, 0.1) is 5.82 Å². The van der Waals surface area contributed by atoms with Gasteiger partial charge in [-0.05, 0) is 18.9 Å². The van der Waals surface area contributed by atoms with Crippen molar-refractivity contribution in [2.45, 2.75) is 25.4 Å². The second kappa shape index (κ2) is 6.94. The summed E-state index contributed by atoms with van der Waals surface area (Å²) in [5.41, 5.74) is 0.0723. The Morgan fingerprint density at radius 1 is 1.32 bits per heavy atom. The Balaban J connectivity index is 2.84. The molecule has 0 spiro atoms. The lowest BCUT2D eigenvalue weighted by Crippen LogP contribution is -2.04. The fraction of sp³-hybridized carbons (Fsp3) is 0.462. The lowest BCUT2D eigenvalue weighted by molar-refractivity contribution is -0.137. The Kier molecular flexibility index (Phi) is 5.57. The van der Waals surface area contributed by atoms with Crippen molar-refractivity contribution in [3.05, 3.63) is 23.5 Å². The van der Waals surface area contributed by atoms with Crippen molar-refractivity contribution in [3.8, 4) is 11.5 Å². The summed E-state index contributed by atoms with van der Waals surface area (Å²) in [6, 6.07) is 2.49. The molecule has 0 aromatic heterocycles. The summed E-state index contributed by atoms with van der Waals surface area (Å²) in [7, 11) is 2.80. The van der Waals surface area contributed by atoms with E-state index in [1.165, 1.54) is 20.3 Å². The van der Waals surface area contributed by atoms with Gasteiger partial charge in [-0.15, -0.1) is 0 Å². The van der Waals surface area contributed by atoms with Gasteiger partial charge in [0.1, 0.15) is 5.82 Å². The van der Waals surface area contributed by atoms with Gasteiger partial charge in [-0.3, -0.25) is 4.79 Å². The van der Waals surface area contributed by atoms with Crippen LogP contribution >= 0.6 is 0 Å². The molecule has 106 valence electrons. The van der Waals surface area contributed by atoms with Crippen LogP contribution in [0.1, 0.15) is 30.9 Å². The van der Waals surface area contributed by atoms with Gasteiger partial charge in [-0.1, -0.05) is 0 Å². The molecule has 0 radical (unpaired) electrons. The molecule has 19 heavy (non-hydrogen) atoms. The zero-order valence-electron chi connectivity index (χ0n) is 10.9. The fourth-order valence-electron chi connectivity index (χ4n) is 1.73. The number of aliphatic hydroxyl groups excluding tert-OH is 1. The summed E-state index contributed by atoms with van der Waals surface area (Å²) in [6.07, 6.45) is -0.700. The summed E-state index contributed by atoms with van der Waals surface area (Å²) in [5, 5.41) is 18.4. The number of carboxylic acids is 1. The molecule has 0 aliphatic heterocycles. The number of rotatable bonds is 7. The highest BCUT2D eigenvalue weighted by Crippen LogP contribution is 2.33. The summed E-state index contributed by atoms with van der Waals surface area (Å²) >= 11 is 0. The first-order valence-corrected chi connectivity index (χ1v) is 5.80. The predicted octanol–water partition coefficient (Wildman–Crippen LogP) is 2.13. The van der Waals surface area contributed by atoms with Crippen molar-refractivity contribution in [3.63, 3.8) is 0 Å². The second-order valence-corrected chi connectivity index (χ2v) is 4.03. The molecule has 0 amide bonds. The van der Waals surface area contributed by atoms with E-state index in [0.717, 1.165) is 6.07 Å². The largest absolute Gasteiger partial charge is 0.493 e. The molecule has 6 heteroatoms. The molecule has 0 saturated heterocycles. The van der Waals surface area contributed by atoms with Crippen molar-refractivity contribution in [2.75, 3.05) is 14.2 Å². The lowest BCUT2D eigenvalue weighted by Gasteiger charge is -2.15. The van der Waals surface area contributed by atoms with Crippen LogP contribution < -0.4 is 9.47 Å². The second-order valence-electron chi connectivity index (χ2n) is 4.03. The standard InChI is InChI=1S/C13H17FO5/c1-18-11-6-8(9(14)7-12(11)19-2)10(15)4-3-5-13(16)17/h6-7,10,15H,3-5H2,1-2H3,(H,16,17). The topological polar surface area (TPSA) is 76.0 Å². The van der Waals surface area contributed by atoms with Gasteiger partial charge in [0.25, 0.3) is 0 Å². The van der Waals surface area contributed by atoms with E-state index in [1.54, 1.807) is 0 Å². The van der Waals surface area contributed by atoms with Crippen molar-refractivity contribution in [2.24, 2.45) is 0 Å². The molecule has 1 aromatic carbocycles. The third kappa shape index (κ3) is 4.10. The molecule has 1 atom stereocenters. The summed E-state index contributed by atoms with van der Waals surface area (Å²) < 4.78 is 23.7. The van der Waals surface area contributed by atoms with Gasteiger partial charge in [0.15, 0.2) is 11.5 Å². The summed E-state index contributed by atoms with van der Waals surface area (Å²) in [5.74, 6) is -1.00. The van der Waals surface area contributed by atoms with Crippen LogP contribution in [0.2, 0.25) is 0 Å². The summed E-state index contributed by atoms with van der Waals surface area (Å²) in [4.78, 5) is 10.4. The van der Waals surface area contributed by atoms with Crippen molar-refractivity contribution >= 4 is 5.97 Å². The number of hydrogen-bond acceptors (Lipinski definition) is 4. The van der Waals surface area contributed by atoms with Crippen LogP contribution in [-0.4, -0.2) is 30.4 Å². The SMILES string of the molecule is COc1cc(F)c(C(O)CCCC(=O)O)cc1OC. The fourth-order valence-corrected chi connectivity index (χ4v) is 1.73. The van der Waals surface area contributed by atoms with E-state index in [2.05, 4.69) is 0 Å². The normalized spacial score (nSPS) is 12.0. The Morgan fingerprint density at radius 2 is 1.89 bits per heavy atom. The predicted molar refractivity (Wildman–Crippen MR) is 66.0 cm³/mol. The highest BCUT2D eigenvalue weighted by atomic mass is 19.1. The first kappa shape index (κ1) is 15.2. The van der Waals surface area contributed by atoms with Crippen LogP contribution in [0.3, 0.4) is 0 Å². The molecule has 0 aliphatic carbocycles. The number of ether oxygens (including phenoxy) is 2. The van der Waals surface area contributed by atoms with Gasteiger partial charge >= 0.3 is 5.97 Å². The van der Waals surface area contributed by atoms with Gasteiger partial charge in [-0.2, -0.15) is 0 Å². The monoisotopic (exact) mass is 272 g/mol. The maximum atomic E-state index is 13.8.